The third kappa shape index (κ3) is 2.29. The number of hydrogen-bond acceptors (Lipinski definition) is 3. The standard InChI is InChI=1S/C16H28N4/c1-4-6-15-18-13-11-17-10-7-14(13)20(15)12-16(19(2)3)8-5-9-16/h17H,4-12H2,1-3H3. The first kappa shape index (κ1) is 14.1. The van der Waals surface area contributed by atoms with Crippen LogP contribution in [-0.4, -0.2) is 40.6 Å². The van der Waals surface area contributed by atoms with Gasteiger partial charge in [-0.15, -0.1) is 0 Å². The van der Waals surface area contributed by atoms with Crippen LogP contribution in [0.3, 0.4) is 0 Å². The van der Waals surface area contributed by atoms with Crippen LogP contribution in [0.2, 0.25) is 0 Å². The molecule has 3 rings (SSSR count). The first-order valence-electron chi connectivity index (χ1n) is 8.11. The maximum absolute atomic E-state index is 4.92. The summed E-state index contributed by atoms with van der Waals surface area (Å²) in [6, 6.07) is 0. The molecule has 0 saturated heterocycles. The molecule has 0 spiro atoms. The van der Waals surface area contributed by atoms with Gasteiger partial charge in [-0.2, -0.15) is 0 Å². The molecule has 1 N–H and O–H groups in total. The van der Waals surface area contributed by atoms with Gasteiger partial charge in [0.2, 0.25) is 0 Å². The van der Waals surface area contributed by atoms with Crippen LogP contribution in [0.4, 0.5) is 0 Å². The highest BCUT2D eigenvalue weighted by Gasteiger charge is 2.40. The van der Waals surface area contributed by atoms with Gasteiger partial charge in [0.25, 0.3) is 0 Å². The molecule has 1 aliphatic carbocycles. The van der Waals surface area contributed by atoms with Crippen LogP contribution < -0.4 is 5.32 Å². The van der Waals surface area contributed by atoms with Crippen LogP contribution in [-0.2, 0) is 25.9 Å². The molecule has 4 heteroatoms. The predicted molar refractivity (Wildman–Crippen MR) is 81.9 cm³/mol. The zero-order valence-electron chi connectivity index (χ0n) is 13.2. The molecule has 4 nitrogen and oxygen atoms in total. The van der Waals surface area contributed by atoms with E-state index in [4.69, 9.17) is 4.98 Å². The molecule has 1 saturated carbocycles. The topological polar surface area (TPSA) is 33.1 Å². The van der Waals surface area contributed by atoms with Gasteiger partial charge in [-0.05, 0) is 39.8 Å². The highest BCUT2D eigenvalue weighted by Crippen LogP contribution is 2.38. The largest absolute Gasteiger partial charge is 0.330 e. The van der Waals surface area contributed by atoms with Crippen LogP contribution >= 0.6 is 0 Å². The fraction of sp³-hybridized carbons (Fsp3) is 0.812. The van der Waals surface area contributed by atoms with Crippen molar-refractivity contribution >= 4 is 0 Å². The first-order chi connectivity index (χ1) is 9.66. The molecule has 1 aromatic rings. The van der Waals surface area contributed by atoms with E-state index in [-0.39, 0.29) is 0 Å². The number of nitrogens with one attached hydrogen (secondary N) is 1. The van der Waals surface area contributed by atoms with Crippen molar-refractivity contribution < 1.29 is 0 Å². The maximum Gasteiger partial charge on any atom is 0.109 e. The van der Waals surface area contributed by atoms with Crippen molar-refractivity contribution in [3.8, 4) is 0 Å². The van der Waals surface area contributed by atoms with Gasteiger partial charge >= 0.3 is 0 Å². The van der Waals surface area contributed by atoms with Crippen molar-refractivity contribution in [2.75, 3.05) is 20.6 Å². The Balaban J connectivity index is 1.92. The highest BCUT2D eigenvalue weighted by molar-refractivity contribution is 5.21. The van der Waals surface area contributed by atoms with Gasteiger partial charge < -0.3 is 14.8 Å². The minimum Gasteiger partial charge on any atom is -0.330 e. The number of fused-ring (bicyclic) bond motifs is 1. The number of aryl methyl sites for hydroxylation is 1. The Kier molecular flexibility index (Phi) is 3.87. The van der Waals surface area contributed by atoms with Crippen molar-refractivity contribution in [1.29, 1.82) is 0 Å². The van der Waals surface area contributed by atoms with E-state index in [2.05, 4.69) is 35.8 Å². The molecular formula is C16H28N4. The SMILES string of the molecule is CCCc1nc2c(n1CC1(N(C)C)CCC1)CCNC2. The van der Waals surface area contributed by atoms with Gasteiger partial charge in [-0.3, -0.25) is 0 Å². The number of likely N-dealkylation sites (N-methyl/N-ethyl adjacent to an activating group) is 1. The Labute approximate surface area is 122 Å². The fourth-order valence-electron chi connectivity index (χ4n) is 3.65. The van der Waals surface area contributed by atoms with Gasteiger partial charge in [0, 0.05) is 43.7 Å². The van der Waals surface area contributed by atoms with E-state index in [1.165, 1.54) is 42.9 Å². The third-order valence-corrected chi connectivity index (χ3v) is 5.22. The fourth-order valence-corrected chi connectivity index (χ4v) is 3.65. The van der Waals surface area contributed by atoms with E-state index in [0.29, 0.717) is 5.54 Å². The van der Waals surface area contributed by atoms with Gasteiger partial charge in [-0.25, -0.2) is 4.98 Å². The lowest BCUT2D eigenvalue weighted by atomic mass is 9.75. The zero-order chi connectivity index (χ0) is 14.2. The summed E-state index contributed by atoms with van der Waals surface area (Å²) < 4.78 is 2.57. The van der Waals surface area contributed by atoms with E-state index in [1.54, 1.807) is 0 Å². The minimum atomic E-state index is 0.377. The van der Waals surface area contributed by atoms with E-state index in [1.807, 2.05) is 0 Å². The summed E-state index contributed by atoms with van der Waals surface area (Å²) in [6.07, 6.45) is 7.46. The average molecular weight is 276 g/mol. The number of hydrogen-bond donors (Lipinski definition) is 1. The molecule has 0 atom stereocenters. The molecule has 2 aliphatic rings. The van der Waals surface area contributed by atoms with Gasteiger partial charge in [0.1, 0.15) is 5.82 Å². The summed E-state index contributed by atoms with van der Waals surface area (Å²) in [5.41, 5.74) is 3.18. The molecule has 1 aromatic heterocycles. The van der Waals surface area contributed by atoms with E-state index >= 15 is 0 Å². The summed E-state index contributed by atoms with van der Waals surface area (Å²) >= 11 is 0. The van der Waals surface area contributed by atoms with Crippen molar-refractivity contribution in [1.82, 2.24) is 19.8 Å². The molecular weight excluding hydrogens is 248 g/mol. The van der Waals surface area contributed by atoms with Crippen molar-refractivity contribution in [3.63, 3.8) is 0 Å². The number of aromatic nitrogens is 2. The lowest BCUT2D eigenvalue weighted by Crippen LogP contribution is -2.53. The summed E-state index contributed by atoms with van der Waals surface area (Å²) in [6.45, 7) is 5.44. The Morgan fingerprint density at radius 3 is 2.75 bits per heavy atom. The van der Waals surface area contributed by atoms with Crippen LogP contribution in [0.25, 0.3) is 0 Å². The molecule has 0 radical (unpaired) electrons. The van der Waals surface area contributed by atoms with E-state index in [9.17, 15) is 0 Å². The predicted octanol–water partition coefficient (Wildman–Crippen LogP) is 1.97. The quantitative estimate of drug-likeness (QED) is 0.892. The van der Waals surface area contributed by atoms with Gasteiger partial charge in [0.15, 0.2) is 0 Å². The number of imidazole rings is 1. The lowest BCUT2D eigenvalue weighted by molar-refractivity contribution is 0.0408. The molecule has 0 bridgehead atoms. The van der Waals surface area contributed by atoms with Crippen molar-refractivity contribution in [3.05, 3.63) is 17.2 Å². The third-order valence-electron chi connectivity index (χ3n) is 5.22. The maximum atomic E-state index is 4.92. The minimum absolute atomic E-state index is 0.377. The molecule has 20 heavy (non-hydrogen) atoms. The Morgan fingerprint density at radius 1 is 1.35 bits per heavy atom. The van der Waals surface area contributed by atoms with Crippen molar-refractivity contribution in [2.45, 2.75) is 64.1 Å². The Hall–Kier alpha value is -0.870. The lowest BCUT2D eigenvalue weighted by Gasteiger charge is -2.48. The average Bonchev–Trinajstić information content (AvgIpc) is 2.71. The molecule has 112 valence electrons. The number of nitrogens with zero attached hydrogens (tertiary/aromatic N) is 3. The van der Waals surface area contributed by atoms with E-state index in [0.717, 1.165) is 32.5 Å². The second-order valence-electron chi connectivity index (χ2n) is 6.66. The summed E-state index contributed by atoms with van der Waals surface area (Å²) in [7, 11) is 4.48. The highest BCUT2D eigenvalue weighted by atomic mass is 15.2. The van der Waals surface area contributed by atoms with Crippen LogP contribution in [0.5, 0.6) is 0 Å². The van der Waals surface area contributed by atoms with Gasteiger partial charge in [0.05, 0.1) is 5.69 Å². The first-order valence-corrected chi connectivity index (χ1v) is 8.11. The normalized spacial score (nSPS) is 20.8. The molecule has 2 heterocycles. The van der Waals surface area contributed by atoms with Crippen LogP contribution in [0.15, 0.2) is 0 Å². The van der Waals surface area contributed by atoms with Crippen LogP contribution in [0.1, 0.15) is 49.8 Å². The second-order valence-corrected chi connectivity index (χ2v) is 6.66. The smallest absolute Gasteiger partial charge is 0.109 e. The number of rotatable bonds is 5. The molecule has 0 aromatic carbocycles. The summed E-state index contributed by atoms with van der Waals surface area (Å²) in [4.78, 5) is 7.37. The van der Waals surface area contributed by atoms with Crippen LogP contribution in [0, 0.1) is 0 Å². The summed E-state index contributed by atoms with van der Waals surface area (Å²) in [5.74, 6) is 1.31. The molecule has 0 amide bonds. The molecule has 1 aliphatic heterocycles. The molecule has 0 unspecified atom stereocenters. The molecule has 1 fully saturated rings. The van der Waals surface area contributed by atoms with E-state index < -0.39 is 0 Å². The Morgan fingerprint density at radius 2 is 2.15 bits per heavy atom. The summed E-state index contributed by atoms with van der Waals surface area (Å²) in [5, 5.41) is 3.45. The Bertz CT molecular complexity index is 471. The van der Waals surface area contributed by atoms with Crippen molar-refractivity contribution in [2.24, 2.45) is 0 Å². The zero-order valence-corrected chi connectivity index (χ0v) is 13.2. The second kappa shape index (κ2) is 5.49. The monoisotopic (exact) mass is 276 g/mol. The van der Waals surface area contributed by atoms with Gasteiger partial charge in [-0.1, -0.05) is 6.92 Å².